The molecule has 0 aliphatic heterocycles. The second kappa shape index (κ2) is 5.09. The molecule has 0 aliphatic rings. The largest absolute Gasteiger partial charge is 0.223 e. The monoisotopic (exact) mass is 322 g/mol. The minimum absolute atomic E-state index is 0.232. The van der Waals surface area contributed by atoms with Gasteiger partial charge in [0, 0.05) is 0 Å². The molecule has 0 N–H and O–H groups in total. The van der Waals surface area contributed by atoms with Gasteiger partial charge >= 0.3 is 0 Å². The van der Waals surface area contributed by atoms with Crippen LogP contribution in [0.4, 0.5) is 0 Å². The van der Waals surface area contributed by atoms with E-state index in [0.29, 0.717) is 10.8 Å². The highest BCUT2D eigenvalue weighted by molar-refractivity contribution is 7.90. The first-order valence-electron chi connectivity index (χ1n) is 6.12. The van der Waals surface area contributed by atoms with E-state index in [2.05, 4.69) is 15.3 Å². The average molecular weight is 323 g/mol. The van der Waals surface area contributed by atoms with E-state index in [4.69, 9.17) is 11.6 Å². The van der Waals surface area contributed by atoms with Crippen molar-refractivity contribution in [3.05, 3.63) is 52.9 Å². The van der Waals surface area contributed by atoms with Crippen LogP contribution in [0.15, 0.2) is 41.3 Å². The van der Waals surface area contributed by atoms with Crippen molar-refractivity contribution in [3.63, 3.8) is 0 Å². The smallest absolute Gasteiger partial charge is 0.185 e. The number of aromatic nitrogens is 4. The third-order valence-electron chi connectivity index (χ3n) is 3.01. The zero-order valence-corrected chi connectivity index (χ0v) is 12.6. The van der Waals surface area contributed by atoms with Crippen LogP contribution in [0.1, 0.15) is 11.4 Å². The van der Waals surface area contributed by atoms with Gasteiger partial charge in [-0.1, -0.05) is 29.8 Å². The Labute approximate surface area is 126 Å². The van der Waals surface area contributed by atoms with Crippen LogP contribution >= 0.6 is 11.6 Å². The Hall–Kier alpha value is -1.99. The minimum Gasteiger partial charge on any atom is -0.223 e. The highest BCUT2D eigenvalue weighted by atomic mass is 35.5. The highest BCUT2D eigenvalue weighted by Gasteiger charge is 2.20. The lowest BCUT2D eigenvalue weighted by Gasteiger charge is -2.03. The van der Waals surface area contributed by atoms with Crippen LogP contribution in [0, 0.1) is 6.92 Å². The standard InChI is InChI=1S/C13H11ClN4O2S/c1-9-7-11-15-16-12(18(11)17-13(9)14)8-21(19,20)10-5-3-2-4-6-10/h2-7H,8H2,1H3. The fraction of sp³-hybridized carbons (Fsp3) is 0.154. The van der Waals surface area contributed by atoms with Crippen LogP contribution in [0.3, 0.4) is 0 Å². The van der Waals surface area contributed by atoms with E-state index >= 15 is 0 Å². The molecule has 1 aromatic carbocycles. The van der Waals surface area contributed by atoms with Crippen molar-refractivity contribution >= 4 is 27.1 Å². The number of halogens is 1. The molecule has 0 radical (unpaired) electrons. The van der Waals surface area contributed by atoms with Gasteiger partial charge in [-0.25, -0.2) is 8.42 Å². The number of benzene rings is 1. The number of nitrogens with zero attached hydrogens (tertiary/aromatic N) is 4. The lowest BCUT2D eigenvalue weighted by Crippen LogP contribution is -2.09. The second-order valence-electron chi connectivity index (χ2n) is 4.58. The van der Waals surface area contributed by atoms with E-state index in [0.717, 1.165) is 5.56 Å². The third kappa shape index (κ3) is 2.62. The Kier molecular flexibility index (Phi) is 3.38. The molecule has 0 spiro atoms. The van der Waals surface area contributed by atoms with E-state index in [9.17, 15) is 8.42 Å². The van der Waals surface area contributed by atoms with Crippen LogP contribution in [0.2, 0.25) is 5.15 Å². The summed E-state index contributed by atoms with van der Waals surface area (Å²) in [5, 5.41) is 12.2. The molecule has 0 atom stereocenters. The van der Waals surface area contributed by atoms with Crippen LogP contribution in [-0.2, 0) is 15.6 Å². The van der Waals surface area contributed by atoms with Gasteiger partial charge in [0.25, 0.3) is 0 Å². The number of aryl methyl sites for hydroxylation is 1. The summed E-state index contributed by atoms with van der Waals surface area (Å²) in [7, 11) is -3.50. The van der Waals surface area contributed by atoms with Crippen LogP contribution in [-0.4, -0.2) is 28.2 Å². The van der Waals surface area contributed by atoms with Crippen molar-refractivity contribution in [2.75, 3.05) is 0 Å². The van der Waals surface area contributed by atoms with Crippen molar-refractivity contribution in [2.45, 2.75) is 17.6 Å². The van der Waals surface area contributed by atoms with Crippen LogP contribution in [0.5, 0.6) is 0 Å². The normalized spacial score (nSPS) is 11.9. The highest BCUT2D eigenvalue weighted by Crippen LogP contribution is 2.17. The van der Waals surface area contributed by atoms with Crippen molar-refractivity contribution in [1.82, 2.24) is 19.8 Å². The fourth-order valence-corrected chi connectivity index (χ4v) is 3.30. The van der Waals surface area contributed by atoms with Gasteiger partial charge in [0.05, 0.1) is 4.90 Å². The maximum atomic E-state index is 12.4. The number of hydrogen-bond acceptors (Lipinski definition) is 5. The van der Waals surface area contributed by atoms with Gasteiger partial charge in [0.1, 0.15) is 5.75 Å². The van der Waals surface area contributed by atoms with Gasteiger partial charge in [0.15, 0.2) is 26.5 Å². The van der Waals surface area contributed by atoms with Gasteiger partial charge in [-0.2, -0.15) is 9.61 Å². The molecular weight excluding hydrogens is 312 g/mol. The van der Waals surface area contributed by atoms with Crippen molar-refractivity contribution < 1.29 is 8.42 Å². The molecule has 108 valence electrons. The molecule has 0 saturated heterocycles. The quantitative estimate of drug-likeness (QED) is 0.737. The molecule has 3 rings (SSSR count). The van der Waals surface area contributed by atoms with Crippen molar-refractivity contribution in [1.29, 1.82) is 0 Å². The molecule has 0 aliphatic carbocycles. The summed E-state index contributed by atoms with van der Waals surface area (Å²) in [6, 6.07) is 9.91. The first-order chi connectivity index (χ1) is 9.97. The Morgan fingerprint density at radius 2 is 1.90 bits per heavy atom. The molecule has 8 heteroatoms. The van der Waals surface area contributed by atoms with Crippen molar-refractivity contribution in [3.8, 4) is 0 Å². The molecule has 0 unspecified atom stereocenters. The molecule has 3 aromatic rings. The third-order valence-corrected chi connectivity index (χ3v) is 5.01. The SMILES string of the molecule is Cc1cc2nnc(CS(=O)(=O)c3ccccc3)n2nc1Cl. The van der Waals surface area contributed by atoms with Crippen molar-refractivity contribution in [2.24, 2.45) is 0 Å². The van der Waals surface area contributed by atoms with Gasteiger partial charge in [-0.05, 0) is 30.7 Å². The molecule has 6 nitrogen and oxygen atoms in total. The average Bonchev–Trinajstić information content (AvgIpc) is 2.82. The maximum absolute atomic E-state index is 12.4. The number of fused-ring (bicyclic) bond motifs is 1. The lowest BCUT2D eigenvalue weighted by atomic mass is 10.3. The van der Waals surface area contributed by atoms with E-state index < -0.39 is 9.84 Å². The van der Waals surface area contributed by atoms with Gasteiger partial charge in [0.2, 0.25) is 0 Å². The summed E-state index contributed by atoms with van der Waals surface area (Å²) in [6.07, 6.45) is 0. The predicted octanol–water partition coefficient (Wildman–Crippen LogP) is 2.06. The summed E-state index contributed by atoms with van der Waals surface area (Å²) in [5.41, 5.74) is 1.23. The summed E-state index contributed by atoms with van der Waals surface area (Å²) in [5.74, 6) is -0.0550. The molecule has 2 aromatic heterocycles. The zero-order chi connectivity index (χ0) is 15.0. The molecule has 0 fully saturated rings. The molecule has 0 saturated carbocycles. The first kappa shape index (κ1) is 14.0. The van der Waals surface area contributed by atoms with Crippen LogP contribution in [0.25, 0.3) is 5.65 Å². The molecule has 0 amide bonds. The number of rotatable bonds is 3. The number of hydrogen-bond donors (Lipinski definition) is 0. The van der Waals surface area contributed by atoms with Gasteiger partial charge in [-0.15, -0.1) is 10.2 Å². The van der Waals surface area contributed by atoms with Gasteiger partial charge in [-0.3, -0.25) is 0 Å². The minimum atomic E-state index is -3.50. The Bertz CT molecular complexity index is 907. The van der Waals surface area contributed by atoms with E-state index in [1.807, 2.05) is 0 Å². The number of sulfone groups is 1. The molecule has 21 heavy (non-hydrogen) atoms. The first-order valence-corrected chi connectivity index (χ1v) is 8.15. The van der Waals surface area contributed by atoms with E-state index in [1.165, 1.54) is 4.52 Å². The summed E-state index contributed by atoms with van der Waals surface area (Å²) < 4.78 is 26.1. The van der Waals surface area contributed by atoms with Gasteiger partial charge < -0.3 is 0 Å². The van der Waals surface area contributed by atoms with E-state index in [-0.39, 0.29) is 16.5 Å². The second-order valence-corrected chi connectivity index (χ2v) is 6.92. The van der Waals surface area contributed by atoms with E-state index in [1.54, 1.807) is 43.3 Å². The Balaban J connectivity index is 2.05. The van der Waals surface area contributed by atoms with Crippen LogP contribution < -0.4 is 0 Å². The molecule has 0 bridgehead atoms. The fourth-order valence-electron chi connectivity index (χ4n) is 1.92. The Morgan fingerprint density at radius 1 is 1.19 bits per heavy atom. The predicted molar refractivity (Wildman–Crippen MR) is 77.9 cm³/mol. The lowest BCUT2D eigenvalue weighted by molar-refractivity contribution is 0.592. The summed E-state index contributed by atoms with van der Waals surface area (Å²) >= 11 is 5.97. The topological polar surface area (TPSA) is 77.2 Å². The summed E-state index contributed by atoms with van der Waals surface area (Å²) in [4.78, 5) is 0.236. The molecule has 2 heterocycles. The zero-order valence-electron chi connectivity index (χ0n) is 11.1. The maximum Gasteiger partial charge on any atom is 0.185 e. The summed E-state index contributed by atoms with van der Waals surface area (Å²) in [6.45, 7) is 1.80. The molecular formula is C13H11ClN4O2S. The Morgan fingerprint density at radius 3 is 2.62 bits per heavy atom.